The average molecular weight is 178 g/mol. The molecule has 1 aromatic rings. The van der Waals surface area contributed by atoms with Crippen LogP contribution in [0.25, 0.3) is 0 Å². The zero-order chi connectivity index (χ0) is 9.84. The van der Waals surface area contributed by atoms with E-state index in [4.69, 9.17) is 0 Å². The maximum Gasteiger partial charge on any atom is 0.115 e. The van der Waals surface area contributed by atoms with E-state index in [0.29, 0.717) is 5.92 Å². The smallest absolute Gasteiger partial charge is 0.115 e. The fourth-order valence-corrected chi connectivity index (χ4v) is 1.27. The predicted octanol–water partition coefficient (Wildman–Crippen LogP) is 2.68. The second-order valence-corrected chi connectivity index (χ2v) is 3.75. The molecule has 1 heterocycles. The van der Waals surface area contributed by atoms with E-state index in [0.717, 1.165) is 12.1 Å². The number of aryl methyl sites for hydroxylation is 1. The second kappa shape index (κ2) is 4.35. The molecule has 2 heteroatoms. The topological polar surface area (TPSA) is 25.8 Å². The predicted molar refractivity (Wildman–Crippen MR) is 54.7 cm³/mol. The van der Waals surface area contributed by atoms with Gasteiger partial charge in [0.1, 0.15) is 6.33 Å². The fourth-order valence-electron chi connectivity index (χ4n) is 1.27. The van der Waals surface area contributed by atoms with Crippen LogP contribution >= 0.6 is 0 Å². The van der Waals surface area contributed by atoms with Crippen LogP contribution in [-0.2, 0) is 6.42 Å². The fraction of sp³-hybridized carbons (Fsp3) is 0.636. The van der Waals surface area contributed by atoms with Gasteiger partial charge in [0.2, 0.25) is 0 Å². The third kappa shape index (κ3) is 2.51. The van der Waals surface area contributed by atoms with Crippen molar-refractivity contribution in [3.05, 3.63) is 23.3 Å². The molecule has 2 nitrogen and oxygen atoms in total. The number of hydrogen-bond acceptors (Lipinski definition) is 2. The van der Waals surface area contributed by atoms with E-state index in [1.807, 2.05) is 6.92 Å². The number of nitrogens with zero attached hydrogens (tertiary/aromatic N) is 2. The first kappa shape index (κ1) is 10.2. The van der Waals surface area contributed by atoms with Crippen LogP contribution < -0.4 is 0 Å². The van der Waals surface area contributed by atoms with Gasteiger partial charge in [0.15, 0.2) is 0 Å². The van der Waals surface area contributed by atoms with E-state index < -0.39 is 0 Å². The van der Waals surface area contributed by atoms with Crippen LogP contribution in [0.1, 0.15) is 37.2 Å². The van der Waals surface area contributed by atoms with E-state index in [1.54, 1.807) is 6.33 Å². The first-order valence-corrected chi connectivity index (χ1v) is 4.92. The van der Waals surface area contributed by atoms with Crippen molar-refractivity contribution in [1.82, 2.24) is 9.97 Å². The average Bonchev–Trinajstić information content (AvgIpc) is 2.13. The molecule has 1 aromatic heterocycles. The Morgan fingerprint density at radius 1 is 1.31 bits per heavy atom. The Morgan fingerprint density at radius 2 is 2.00 bits per heavy atom. The molecule has 1 rings (SSSR count). The zero-order valence-corrected chi connectivity index (χ0v) is 8.96. The molecule has 1 unspecified atom stereocenters. The highest BCUT2D eigenvalue weighted by molar-refractivity contribution is 5.21. The van der Waals surface area contributed by atoms with Gasteiger partial charge < -0.3 is 0 Å². The lowest BCUT2D eigenvalue weighted by molar-refractivity contribution is 0.549. The number of rotatable bonds is 3. The Balaban J connectivity index is 2.83. The van der Waals surface area contributed by atoms with Crippen molar-refractivity contribution in [2.75, 3.05) is 0 Å². The molecule has 0 aliphatic heterocycles. The van der Waals surface area contributed by atoms with Crippen LogP contribution in [0.15, 0.2) is 6.33 Å². The summed E-state index contributed by atoms with van der Waals surface area (Å²) in [5.41, 5.74) is 3.57. The molecule has 13 heavy (non-hydrogen) atoms. The van der Waals surface area contributed by atoms with Gasteiger partial charge in [-0.25, -0.2) is 9.97 Å². The Bertz CT molecular complexity index is 281. The van der Waals surface area contributed by atoms with Crippen LogP contribution in [0.5, 0.6) is 0 Å². The van der Waals surface area contributed by atoms with Gasteiger partial charge >= 0.3 is 0 Å². The molecule has 0 saturated carbocycles. The standard InChI is InChI=1S/C11H18N2/c1-5-8(2)6-11-9(3)10(4)12-7-13-11/h7-8H,5-6H2,1-4H3. The van der Waals surface area contributed by atoms with Crippen LogP contribution in [0.2, 0.25) is 0 Å². The SMILES string of the molecule is CCC(C)Cc1ncnc(C)c1C. The van der Waals surface area contributed by atoms with E-state index in [-0.39, 0.29) is 0 Å². The molecule has 0 bridgehead atoms. The summed E-state index contributed by atoms with van der Waals surface area (Å²) in [6.45, 7) is 8.62. The van der Waals surface area contributed by atoms with Crippen molar-refractivity contribution in [3.63, 3.8) is 0 Å². The summed E-state index contributed by atoms with van der Waals surface area (Å²) in [7, 11) is 0. The van der Waals surface area contributed by atoms with Crippen molar-refractivity contribution >= 4 is 0 Å². The summed E-state index contributed by atoms with van der Waals surface area (Å²) >= 11 is 0. The van der Waals surface area contributed by atoms with Crippen LogP contribution in [-0.4, -0.2) is 9.97 Å². The van der Waals surface area contributed by atoms with Crippen LogP contribution in [0, 0.1) is 19.8 Å². The summed E-state index contributed by atoms with van der Waals surface area (Å²) in [5.74, 6) is 0.716. The Morgan fingerprint density at radius 3 is 2.62 bits per heavy atom. The number of aromatic nitrogens is 2. The quantitative estimate of drug-likeness (QED) is 0.711. The molecule has 0 amide bonds. The molecule has 1 atom stereocenters. The Hall–Kier alpha value is -0.920. The largest absolute Gasteiger partial charge is 0.241 e. The molecule has 0 aromatic carbocycles. The summed E-state index contributed by atoms with van der Waals surface area (Å²) in [4.78, 5) is 8.48. The Labute approximate surface area is 80.4 Å². The highest BCUT2D eigenvalue weighted by Crippen LogP contribution is 2.14. The van der Waals surface area contributed by atoms with Gasteiger partial charge in [0, 0.05) is 11.4 Å². The Kier molecular flexibility index (Phi) is 3.40. The maximum atomic E-state index is 4.32. The summed E-state index contributed by atoms with van der Waals surface area (Å²) in [6, 6.07) is 0. The monoisotopic (exact) mass is 178 g/mol. The summed E-state index contributed by atoms with van der Waals surface area (Å²) in [6.07, 6.45) is 3.95. The highest BCUT2D eigenvalue weighted by Gasteiger charge is 2.06. The molecular weight excluding hydrogens is 160 g/mol. The van der Waals surface area contributed by atoms with Gasteiger partial charge in [-0.3, -0.25) is 0 Å². The third-order valence-electron chi connectivity index (χ3n) is 2.68. The van der Waals surface area contributed by atoms with Gasteiger partial charge in [-0.2, -0.15) is 0 Å². The van der Waals surface area contributed by atoms with E-state index in [9.17, 15) is 0 Å². The zero-order valence-electron chi connectivity index (χ0n) is 8.96. The molecule has 0 radical (unpaired) electrons. The normalized spacial score (nSPS) is 12.9. The number of hydrogen-bond donors (Lipinski definition) is 0. The van der Waals surface area contributed by atoms with Gasteiger partial charge in [-0.15, -0.1) is 0 Å². The molecule has 72 valence electrons. The van der Waals surface area contributed by atoms with Crippen molar-refractivity contribution in [2.45, 2.75) is 40.5 Å². The first-order valence-electron chi connectivity index (χ1n) is 4.92. The minimum absolute atomic E-state index is 0.716. The van der Waals surface area contributed by atoms with E-state index >= 15 is 0 Å². The molecule has 0 aliphatic rings. The van der Waals surface area contributed by atoms with Gasteiger partial charge in [0.25, 0.3) is 0 Å². The summed E-state index contributed by atoms with van der Waals surface area (Å²) < 4.78 is 0. The first-order chi connectivity index (χ1) is 6.15. The van der Waals surface area contributed by atoms with Crippen molar-refractivity contribution in [1.29, 1.82) is 0 Å². The third-order valence-corrected chi connectivity index (χ3v) is 2.68. The highest BCUT2D eigenvalue weighted by atomic mass is 14.8. The molecule has 0 saturated heterocycles. The van der Waals surface area contributed by atoms with Gasteiger partial charge in [0.05, 0.1) is 0 Å². The molecule has 0 spiro atoms. The van der Waals surface area contributed by atoms with E-state index in [1.165, 1.54) is 17.7 Å². The minimum Gasteiger partial charge on any atom is -0.241 e. The van der Waals surface area contributed by atoms with Gasteiger partial charge in [-0.1, -0.05) is 20.3 Å². The molecule has 0 fully saturated rings. The maximum absolute atomic E-state index is 4.32. The molecule has 0 aliphatic carbocycles. The van der Waals surface area contributed by atoms with Crippen molar-refractivity contribution < 1.29 is 0 Å². The lowest BCUT2D eigenvalue weighted by Crippen LogP contribution is -2.04. The second-order valence-electron chi connectivity index (χ2n) is 3.75. The van der Waals surface area contributed by atoms with E-state index in [2.05, 4.69) is 30.7 Å². The van der Waals surface area contributed by atoms with Crippen molar-refractivity contribution in [3.8, 4) is 0 Å². The van der Waals surface area contributed by atoms with Gasteiger partial charge in [-0.05, 0) is 31.7 Å². The minimum atomic E-state index is 0.716. The lowest BCUT2D eigenvalue weighted by Gasteiger charge is -2.10. The van der Waals surface area contributed by atoms with Crippen LogP contribution in [0.3, 0.4) is 0 Å². The molecular formula is C11H18N2. The van der Waals surface area contributed by atoms with Crippen LogP contribution in [0.4, 0.5) is 0 Å². The van der Waals surface area contributed by atoms with Crippen molar-refractivity contribution in [2.24, 2.45) is 5.92 Å². The lowest BCUT2D eigenvalue weighted by atomic mass is 10.00. The molecule has 0 N–H and O–H groups in total. The summed E-state index contributed by atoms with van der Waals surface area (Å²) in [5, 5.41) is 0.